The molecule has 2 aliphatic rings. The summed E-state index contributed by atoms with van der Waals surface area (Å²) in [5.74, 6) is 1.70. The number of phenols is 1. The first kappa shape index (κ1) is 32.7. The SMILES string of the molecule is C=C(C)[C@@H]1CCC(C)=C[C@H]1c1c(O)cc(CCCCC)cc1OCCCN1CCCNCCNCCCNCC1. The lowest BCUT2D eigenvalue weighted by Crippen LogP contribution is -2.37. The van der Waals surface area contributed by atoms with Crippen molar-refractivity contribution in [2.45, 2.75) is 84.5 Å². The fourth-order valence-corrected chi connectivity index (χ4v) is 6.11. The van der Waals surface area contributed by atoms with Crippen molar-refractivity contribution in [1.82, 2.24) is 20.9 Å². The molecule has 1 aromatic rings. The maximum atomic E-state index is 11.4. The van der Waals surface area contributed by atoms with E-state index in [9.17, 15) is 5.11 Å². The second kappa shape index (κ2) is 18.5. The molecule has 0 saturated carbocycles. The monoisotopic (exact) mass is 554 g/mol. The summed E-state index contributed by atoms with van der Waals surface area (Å²) in [5, 5.41) is 22.0. The number of phenolic OH excluding ortho intramolecular Hbond substituents is 1. The Bertz CT molecular complexity index is 901. The number of allylic oxidation sites excluding steroid dienone is 3. The quantitative estimate of drug-likeness (QED) is 0.206. The van der Waals surface area contributed by atoms with Gasteiger partial charge in [-0.25, -0.2) is 0 Å². The summed E-state index contributed by atoms with van der Waals surface area (Å²) < 4.78 is 6.56. The highest BCUT2D eigenvalue weighted by Gasteiger charge is 2.30. The number of ether oxygens (including phenoxy) is 1. The van der Waals surface area contributed by atoms with Crippen LogP contribution < -0.4 is 20.7 Å². The fraction of sp³-hybridized carbons (Fsp3) is 0.706. The number of unbranched alkanes of at least 4 members (excludes halogenated alkanes) is 2. The highest BCUT2D eigenvalue weighted by Crippen LogP contribution is 2.47. The smallest absolute Gasteiger partial charge is 0.127 e. The lowest BCUT2D eigenvalue weighted by molar-refractivity contribution is 0.229. The second-order valence-corrected chi connectivity index (χ2v) is 12.0. The van der Waals surface area contributed by atoms with Gasteiger partial charge in [0.2, 0.25) is 0 Å². The molecule has 0 unspecified atom stereocenters. The molecule has 1 aliphatic heterocycles. The summed E-state index contributed by atoms with van der Waals surface area (Å²) in [6, 6.07) is 4.20. The number of hydrogen-bond donors (Lipinski definition) is 4. The van der Waals surface area contributed by atoms with Crippen LogP contribution in [0.5, 0.6) is 11.5 Å². The van der Waals surface area contributed by atoms with Crippen LogP contribution in [0.25, 0.3) is 0 Å². The maximum absolute atomic E-state index is 11.4. The van der Waals surface area contributed by atoms with Gasteiger partial charge in [-0.05, 0) is 109 Å². The Balaban J connectivity index is 1.67. The molecule has 6 nitrogen and oxygen atoms in total. The summed E-state index contributed by atoms with van der Waals surface area (Å²) >= 11 is 0. The number of nitrogens with zero attached hydrogens (tertiary/aromatic N) is 1. The summed E-state index contributed by atoms with van der Waals surface area (Å²) in [7, 11) is 0. The van der Waals surface area contributed by atoms with E-state index in [0.717, 1.165) is 109 Å². The van der Waals surface area contributed by atoms with Gasteiger partial charge < -0.3 is 30.7 Å². The molecule has 0 bridgehead atoms. The van der Waals surface area contributed by atoms with Crippen LogP contribution in [-0.2, 0) is 6.42 Å². The van der Waals surface area contributed by atoms with E-state index in [2.05, 4.69) is 60.3 Å². The largest absolute Gasteiger partial charge is 0.507 e. The van der Waals surface area contributed by atoms with Crippen molar-refractivity contribution in [2.24, 2.45) is 5.92 Å². The van der Waals surface area contributed by atoms with E-state index in [-0.39, 0.29) is 5.92 Å². The van der Waals surface area contributed by atoms with Gasteiger partial charge in [-0.1, -0.05) is 43.6 Å². The highest BCUT2D eigenvalue weighted by atomic mass is 16.5. The molecular weight excluding hydrogens is 496 g/mol. The van der Waals surface area contributed by atoms with Crippen molar-refractivity contribution < 1.29 is 9.84 Å². The van der Waals surface area contributed by atoms with E-state index in [0.29, 0.717) is 18.3 Å². The summed E-state index contributed by atoms with van der Waals surface area (Å²) in [6.07, 6.45) is 12.3. The van der Waals surface area contributed by atoms with Gasteiger partial charge >= 0.3 is 0 Å². The van der Waals surface area contributed by atoms with E-state index in [1.54, 1.807) is 0 Å². The van der Waals surface area contributed by atoms with Crippen molar-refractivity contribution >= 4 is 0 Å². The van der Waals surface area contributed by atoms with Gasteiger partial charge in [-0.15, -0.1) is 0 Å². The third kappa shape index (κ3) is 11.2. The summed E-state index contributed by atoms with van der Waals surface area (Å²) in [6.45, 7) is 21.1. The van der Waals surface area contributed by atoms with Gasteiger partial charge in [0.15, 0.2) is 0 Å². The van der Waals surface area contributed by atoms with Crippen LogP contribution in [0.1, 0.15) is 89.2 Å². The molecule has 1 heterocycles. The van der Waals surface area contributed by atoms with Crippen molar-refractivity contribution in [3.05, 3.63) is 47.1 Å². The number of benzene rings is 1. The Hall–Kier alpha value is -1.86. The Morgan fingerprint density at radius 3 is 2.50 bits per heavy atom. The Morgan fingerprint density at radius 2 is 1.75 bits per heavy atom. The van der Waals surface area contributed by atoms with Gasteiger partial charge in [-0.3, -0.25) is 0 Å². The van der Waals surface area contributed by atoms with Crippen molar-refractivity contribution in [3.8, 4) is 11.5 Å². The highest BCUT2D eigenvalue weighted by molar-refractivity contribution is 5.52. The third-order valence-electron chi connectivity index (χ3n) is 8.46. The molecule has 2 atom stereocenters. The molecule has 0 amide bonds. The minimum atomic E-state index is 0.114. The van der Waals surface area contributed by atoms with Crippen molar-refractivity contribution in [1.29, 1.82) is 0 Å². The number of aromatic hydroxyl groups is 1. The van der Waals surface area contributed by atoms with E-state index in [1.807, 2.05) is 6.07 Å². The predicted molar refractivity (Wildman–Crippen MR) is 170 cm³/mol. The Kier molecular flexibility index (Phi) is 15.1. The Labute approximate surface area is 245 Å². The molecule has 226 valence electrons. The van der Waals surface area contributed by atoms with E-state index in [1.165, 1.54) is 36.0 Å². The molecule has 1 fully saturated rings. The number of rotatable bonds is 11. The zero-order chi connectivity index (χ0) is 28.6. The number of hydrogen-bond acceptors (Lipinski definition) is 6. The first-order valence-corrected chi connectivity index (χ1v) is 16.1. The summed E-state index contributed by atoms with van der Waals surface area (Å²) in [5.41, 5.74) is 4.71. The molecule has 1 saturated heterocycles. The van der Waals surface area contributed by atoms with Gasteiger partial charge in [0, 0.05) is 44.2 Å². The van der Waals surface area contributed by atoms with E-state index in [4.69, 9.17) is 4.74 Å². The first-order chi connectivity index (χ1) is 19.5. The second-order valence-electron chi connectivity index (χ2n) is 12.0. The normalized spacial score (nSPS) is 22.3. The predicted octanol–water partition coefficient (Wildman–Crippen LogP) is 5.77. The van der Waals surface area contributed by atoms with Crippen LogP contribution in [0, 0.1) is 5.92 Å². The minimum absolute atomic E-state index is 0.114. The molecule has 4 N–H and O–H groups in total. The van der Waals surface area contributed by atoms with E-state index >= 15 is 0 Å². The van der Waals surface area contributed by atoms with Crippen LogP contribution in [-0.4, -0.2) is 75.5 Å². The lowest BCUT2D eigenvalue weighted by atomic mass is 9.73. The van der Waals surface area contributed by atoms with Crippen molar-refractivity contribution in [2.75, 3.05) is 65.5 Å². The first-order valence-electron chi connectivity index (χ1n) is 16.1. The van der Waals surface area contributed by atoms with Crippen LogP contribution in [0.3, 0.4) is 0 Å². The average molecular weight is 555 g/mol. The number of aryl methyl sites for hydroxylation is 1. The van der Waals surface area contributed by atoms with Crippen LogP contribution in [0.2, 0.25) is 0 Å². The molecule has 1 aromatic carbocycles. The lowest BCUT2D eigenvalue weighted by Gasteiger charge is -2.32. The van der Waals surface area contributed by atoms with Crippen molar-refractivity contribution in [3.63, 3.8) is 0 Å². The van der Waals surface area contributed by atoms with Gasteiger partial charge in [0.25, 0.3) is 0 Å². The molecule has 3 rings (SSSR count). The zero-order valence-corrected chi connectivity index (χ0v) is 25.8. The fourth-order valence-electron chi connectivity index (χ4n) is 6.11. The zero-order valence-electron chi connectivity index (χ0n) is 25.8. The van der Waals surface area contributed by atoms with Gasteiger partial charge in [0.1, 0.15) is 11.5 Å². The van der Waals surface area contributed by atoms with E-state index < -0.39 is 0 Å². The Morgan fingerprint density at radius 1 is 1.00 bits per heavy atom. The molecule has 6 heteroatoms. The topological polar surface area (TPSA) is 68.8 Å². The van der Waals surface area contributed by atoms with Crippen LogP contribution >= 0.6 is 0 Å². The van der Waals surface area contributed by atoms with Gasteiger partial charge in [0.05, 0.1) is 6.61 Å². The molecule has 40 heavy (non-hydrogen) atoms. The standard InChI is InChI=1S/C34H58N4O2/c1-5-6-7-11-29-25-32(39)34(31-24-28(4)12-13-30(31)27(2)3)33(26-29)40-23-10-21-38-20-9-16-36-18-17-35-14-8-15-37-19-22-38/h24-26,30-31,35-37,39H,2,5-23H2,1,3-4H3/t30-,31+/m0/s1. The number of nitrogens with one attached hydrogen (secondary N) is 3. The molecule has 1 aliphatic carbocycles. The molecule has 0 aromatic heterocycles. The average Bonchev–Trinajstić information content (AvgIpc) is 2.92. The molecule has 0 spiro atoms. The van der Waals surface area contributed by atoms with Gasteiger partial charge in [-0.2, -0.15) is 0 Å². The van der Waals surface area contributed by atoms with Crippen LogP contribution in [0.15, 0.2) is 35.9 Å². The summed E-state index contributed by atoms with van der Waals surface area (Å²) in [4.78, 5) is 2.58. The maximum Gasteiger partial charge on any atom is 0.127 e. The van der Waals surface area contributed by atoms with Crippen LogP contribution in [0.4, 0.5) is 0 Å². The molecular formula is C34H58N4O2. The third-order valence-corrected chi connectivity index (χ3v) is 8.46. The molecule has 0 radical (unpaired) electrons. The minimum Gasteiger partial charge on any atom is -0.507 e.